The Balaban J connectivity index is 1.37. The van der Waals surface area contributed by atoms with Gasteiger partial charge < -0.3 is 36.4 Å². The van der Waals surface area contributed by atoms with Crippen molar-refractivity contribution in [2.45, 2.75) is 64.1 Å². The number of hydrogen-bond acceptors (Lipinski definition) is 10. The zero-order chi connectivity index (χ0) is 32.9. The van der Waals surface area contributed by atoms with Crippen molar-refractivity contribution < 1.29 is 34.8 Å². The smallest absolute Gasteiger partial charge is 0.255 e. The van der Waals surface area contributed by atoms with Gasteiger partial charge in [-0.2, -0.15) is 0 Å². The van der Waals surface area contributed by atoms with E-state index in [0.717, 1.165) is 23.7 Å². The van der Waals surface area contributed by atoms with Gasteiger partial charge in [-0.3, -0.25) is 19.3 Å². The Bertz CT molecular complexity index is 1560. The summed E-state index contributed by atoms with van der Waals surface area (Å²) in [5, 5.41) is 49.3. The molecule has 7 N–H and O–H groups in total. The van der Waals surface area contributed by atoms with Crippen molar-refractivity contribution in [1.82, 2.24) is 10.2 Å². The number of aliphatic hydroxyl groups excluding tert-OH is 2. The minimum Gasteiger partial charge on any atom is -0.510 e. The SMILES string of the molecule is CN(C)c1c(CNC[C@H]2CCC3CC2C3(C)C)cc(O)c2c1C[C@H]1C[C@H]3[C@H](N(C)C)C(O)=C(C(N)=O)C(=O)[C@@]3(O)C(O)=C1C2=O. The van der Waals surface area contributed by atoms with E-state index in [-0.39, 0.29) is 29.7 Å². The van der Waals surface area contributed by atoms with Crippen molar-refractivity contribution in [2.24, 2.45) is 40.7 Å². The predicted molar refractivity (Wildman–Crippen MR) is 168 cm³/mol. The first kappa shape index (κ1) is 31.6. The minimum absolute atomic E-state index is 0.0257. The van der Waals surface area contributed by atoms with Crippen LogP contribution in [0.4, 0.5) is 5.69 Å². The molecular formula is C34H46N4O7. The molecule has 11 heteroatoms. The second-order valence-corrected chi connectivity index (χ2v) is 14.9. The van der Waals surface area contributed by atoms with Gasteiger partial charge in [-0.05, 0) is 99.0 Å². The molecule has 244 valence electrons. The molecule has 0 saturated heterocycles. The van der Waals surface area contributed by atoms with Crippen LogP contribution in [-0.2, 0) is 22.6 Å². The average Bonchev–Trinajstić information content (AvgIpc) is 2.94. The van der Waals surface area contributed by atoms with Gasteiger partial charge in [0.15, 0.2) is 11.4 Å². The van der Waals surface area contributed by atoms with Crippen molar-refractivity contribution >= 4 is 23.2 Å². The molecule has 7 atom stereocenters. The Morgan fingerprint density at radius 1 is 1.07 bits per heavy atom. The molecule has 3 fully saturated rings. The number of Topliss-reactive ketones (excluding diaryl/α,β-unsaturated/α-hetero) is 2. The topological polar surface area (TPSA) is 177 Å². The molecule has 11 nitrogen and oxygen atoms in total. The summed E-state index contributed by atoms with van der Waals surface area (Å²) in [5.74, 6) is -4.37. The Morgan fingerprint density at radius 2 is 1.76 bits per heavy atom. The molecule has 45 heavy (non-hydrogen) atoms. The molecule has 7 rings (SSSR count). The maximum absolute atomic E-state index is 14.1. The number of aromatic hydroxyl groups is 1. The van der Waals surface area contributed by atoms with Crippen LogP contribution in [0, 0.1) is 35.0 Å². The van der Waals surface area contributed by atoms with Crippen molar-refractivity contribution in [2.75, 3.05) is 39.6 Å². The number of nitrogens with zero attached hydrogens (tertiary/aromatic N) is 2. The number of primary amides is 1. The number of likely N-dealkylation sites (N-methyl/N-ethyl adjacent to an activating group) is 1. The number of fused-ring (bicyclic) bond motifs is 5. The molecule has 1 amide bonds. The van der Waals surface area contributed by atoms with E-state index in [1.165, 1.54) is 19.3 Å². The van der Waals surface area contributed by atoms with Crippen LogP contribution in [0.5, 0.6) is 5.75 Å². The van der Waals surface area contributed by atoms with Crippen LogP contribution in [-0.4, -0.2) is 89.2 Å². The van der Waals surface area contributed by atoms with E-state index < -0.39 is 58.0 Å². The molecule has 0 radical (unpaired) electrons. The van der Waals surface area contributed by atoms with Crippen LogP contribution in [0.3, 0.4) is 0 Å². The summed E-state index contributed by atoms with van der Waals surface area (Å²) in [4.78, 5) is 43.3. The first-order valence-corrected chi connectivity index (χ1v) is 15.9. The van der Waals surface area contributed by atoms with Gasteiger partial charge in [-0.25, -0.2) is 0 Å². The lowest BCUT2D eigenvalue weighted by Crippen LogP contribution is -2.63. The van der Waals surface area contributed by atoms with Crippen LogP contribution < -0.4 is 16.0 Å². The Morgan fingerprint density at radius 3 is 2.33 bits per heavy atom. The van der Waals surface area contributed by atoms with Gasteiger partial charge >= 0.3 is 0 Å². The van der Waals surface area contributed by atoms with Crippen LogP contribution in [0.25, 0.3) is 0 Å². The lowest BCUT2D eigenvalue weighted by atomic mass is 9.45. The number of hydrogen-bond donors (Lipinski definition) is 6. The Hall–Kier alpha value is -3.41. The van der Waals surface area contributed by atoms with Gasteiger partial charge in [0.2, 0.25) is 5.78 Å². The molecule has 2 unspecified atom stereocenters. The van der Waals surface area contributed by atoms with Crippen LogP contribution >= 0.6 is 0 Å². The fourth-order valence-corrected chi connectivity index (χ4v) is 9.67. The molecular weight excluding hydrogens is 576 g/mol. The van der Waals surface area contributed by atoms with E-state index in [4.69, 9.17) is 5.73 Å². The van der Waals surface area contributed by atoms with E-state index in [1.54, 1.807) is 25.1 Å². The highest BCUT2D eigenvalue weighted by Crippen LogP contribution is 2.61. The third kappa shape index (κ3) is 4.37. The van der Waals surface area contributed by atoms with Gasteiger partial charge in [-0.15, -0.1) is 0 Å². The molecule has 0 heterocycles. The lowest BCUT2D eigenvalue weighted by molar-refractivity contribution is -0.148. The highest BCUT2D eigenvalue weighted by atomic mass is 16.3. The molecule has 2 bridgehead atoms. The van der Waals surface area contributed by atoms with E-state index in [2.05, 4.69) is 19.2 Å². The predicted octanol–water partition coefficient (Wildman–Crippen LogP) is 2.35. The summed E-state index contributed by atoms with van der Waals surface area (Å²) in [6.45, 7) is 6.14. The van der Waals surface area contributed by atoms with E-state index in [1.807, 2.05) is 19.0 Å². The van der Waals surface area contributed by atoms with Gasteiger partial charge in [0.1, 0.15) is 22.8 Å². The monoisotopic (exact) mass is 622 g/mol. The Kier molecular flexibility index (Phi) is 7.41. The molecule has 0 aromatic heterocycles. The normalized spacial score (nSPS) is 33.4. The largest absolute Gasteiger partial charge is 0.510 e. The summed E-state index contributed by atoms with van der Waals surface area (Å²) in [6, 6.07) is 0.560. The molecule has 0 spiro atoms. The van der Waals surface area contributed by atoms with E-state index >= 15 is 0 Å². The van der Waals surface area contributed by atoms with Gasteiger partial charge in [0.05, 0.1) is 11.6 Å². The number of phenolic OH excluding ortho intramolecular Hbond substituents is 1. The van der Waals surface area contributed by atoms with E-state index in [9.17, 15) is 34.8 Å². The first-order chi connectivity index (χ1) is 21.0. The summed E-state index contributed by atoms with van der Waals surface area (Å²) in [5.41, 5.74) is 4.50. The lowest BCUT2D eigenvalue weighted by Gasteiger charge is -2.60. The number of phenols is 1. The third-order valence-electron chi connectivity index (χ3n) is 11.9. The summed E-state index contributed by atoms with van der Waals surface area (Å²) >= 11 is 0. The van der Waals surface area contributed by atoms with Crippen molar-refractivity contribution in [3.05, 3.63) is 45.4 Å². The van der Waals surface area contributed by atoms with E-state index in [0.29, 0.717) is 29.4 Å². The zero-order valence-corrected chi connectivity index (χ0v) is 27.0. The van der Waals surface area contributed by atoms with Gasteiger partial charge in [0, 0.05) is 37.8 Å². The maximum atomic E-state index is 14.1. The van der Waals surface area contributed by atoms with Crippen molar-refractivity contribution in [1.29, 1.82) is 0 Å². The fraction of sp³-hybridized carbons (Fsp3) is 0.618. The fourth-order valence-electron chi connectivity index (χ4n) is 9.67. The second kappa shape index (κ2) is 10.6. The van der Waals surface area contributed by atoms with Crippen molar-refractivity contribution in [3.63, 3.8) is 0 Å². The summed E-state index contributed by atoms with van der Waals surface area (Å²) in [6.07, 6.45) is 4.08. The maximum Gasteiger partial charge on any atom is 0.255 e. The average molecular weight is 623 g/mol. The molecule has 1 aromatic carbocycles. The number of carbonyl (C=O) groups is 3. The molecule has 6 aliphatic rings. The molecule has 3 saturated carbocycles. The second-order valence-electron chi connectivity index (χ2n) is 14.9. The number of benzene rings is 1. The quantitative estimate of drug-likeness (QED) is 0.248. The van der Waals surface area contributed by atoms with Crippen LogP contribution in [0.2, 0.25) is 0 Å². The van der Waals surface area contributed by atoms with Gasteiger partial charge in [0.25, 0.3) is 5.91 Å². The number of nitrogens with one attached hydrogen (secondary N) is 1. The third-order valence-corrected chi connectivity index (χ3v) is 11.9. The van der Waals surface area contributed by atoms with Crippen LogP contribution in [0.15, 0.2) is 28.7 Å². The number of allylic oxidation sites excluding steroid dienone is 1. The van der Waals surface area contributed by atoms with Crippen LogP contribution in [0.1, 0.15) is 61.0 Å². The number of amides is 1. The number of rotatable bonds is 7. The molecule has 6 aliphatic carbocycles. The number of anilines is 1. The Labute approximate surface area is 263 Å². The van der Waals surface area contributed by atoms with Gasteiger partial charge in [-0.1, -0.05) is 13.8 Å². The first-order valence-electron chi connectivity index (χ1n) is 15.9. The standard InChI is InChI=1S/C34H46N4O7/c1-33(2)18-8-7-15(20(33)12-18)13-36-14-17-11-22(39)24-19(26(17)37(3)4)9-16-10-21-27(38(5)6)29(41)25(32(35)44)31(43)34(21,45)30(42)23(16)28(24)40/h11,15-16,18,20-21,27,36,39,41-42,45H,7-10,12-14H2,1-6H3,(H2,35,44)/t15-,16+,18?,20?,21+,27+,34+/m1/s1. The highest BCUT2D eigenvalue weighted by Gasteiger charge is 2.63. The number of aliphatic hydroxyl groups is 3. The zero-order valence-electron chi connectivity index (χ0n) is 27.0. The highest BCUT2D eigenvalue weighted by molar-refractivity contribution is 6.24. The number of ketones is 2. The number of carbonyl (C=O) groups excluding carboxylic acids is 3. The number of nitrogens with two attached hydrogens (primary N) is 1. The minimum atomic E-state index is -2.65. The van der Waals surface area contributed by atoms with Crippen molar-refractivity contribution in [3.8, 4) is 5.75 Å². The molecule has 0 aliphatic heterocycles. The summed E-state index contributed by atoms with van der Waals surface area (Å²) in [7, 11) is 7.01. The molecule has 1 aromatic rings. The summed E-state index contributed by atoms with van der Waals surface area (Å²) < 4.78 is 0.